The fourth-order valence-corrected chi connectivity index (χ4v) is 4.54. The number of carbonyl (C=O) groups is 1. The first-order valence-electron chi connectivity index (χ1n) is 12.3. The van der Waals surface area contributed by atoms with Crippen molar-refractivity contribution >= 4 is 5.97 Å². The maximum atomic E-state index is 11.8. The summed E-state index contributed by atoms with van der Waals surface area (Å²) >= 11 is 0. The van der Waals surface area contributed by atoms with E-state index in [1.54, 1.807) is 0 Å². The van der Waals surface area contributed by atoms with Crippen molar-refractivity contribution < 1.29 is 14.3 Å². The van der Waals surface area contributed by atoms with Gasteiger partial charge in [-0.15, -0.1) is 0 Å². The van der Waals surface area contributed by atoms with Crippen molar-refractivity contribution in [1.29, 1.82) is 0 Å². The smallest absolute Gasteiger partial charge is 0.305 e. The largest absolute Gasteiger partial charge is 0.464 e. The first kappa shape index (κ1) is 23.7. The summed E-state index contributed by atoms with van der Waals surface area (Å²) in [6.45, 7) is 6.09. The molecule has 4 nitrogen and oxygen atoms in total. The molecule has 0 amide bonds. The molecule has 0 radical (unpaired) electrons. The number of ether oxygens (including phenoxy) is 2. The summed E-state index contributed by atoms with van der Waals surface area (Å²) in [6.07, 6.45) is 20.6. The number of hydrogen-bond acceptors (Lipinski definition) is 4. The van der Waals surface area contributed by atoms with Gasteiger partial charge in [0.1, 0.15) is 6.61 Å². The lowest BCUT2D eigenvalue weighted by atomic mass is 10.0. The highest BCUT2D eigenvalue weighted by atomic mass is 16.5. The van der Waals surface area contributed by atoms with Crippen LogP contribution in [0.3, 0.4) is 0 Å². The third-order valence-electron chi connectivity index (χ3n) is 6.35. The molecular weight excluding hydrogens is 350 g/mol. The molecule has 2 rings (SSSR count). The maximum Gasteiger partial charge on any atom is 0.305 e. The molecule has 4 heteroatoms. The summed E-state index contributed by atoms with van der Waals surface area (Å²) in [5.41, 5.74) is 0. The molecule has 0 aromatic carbocycles. The Hall–Kier alpha value is -0.610. The Balaban J connectivity index is 1.32. The second-order valence-corrected chi connectivity index (χ2v) is 8.88. The van der Waals surface area contributed by atoms with Crippen LogP contribution >= 0.6 is 0 Å². The zero-order chi connectivity index (χ0) is 19.9. The van der Waals surface area contributed by atoms with Gasteiger partial charge in [0.05, 0.1) is 12.2 Å². The average molecular weight is 396 g/mol. The van der Waals surface area contributed by atoms with Gasteiger partial charge in [-0.1, -0.05) is 58.3 Å². The minimum absolute atomic E-state index is 0.00827. The lowest BCUT2D eigenvalue weighted by Gasteiger charge is -2.14. The summed E-state index contributed by atoms with van der Waals surface area (Å²) in [5.74, 6) is -0.00827. The quantitative estimate of drug-likeness (QED) is 0.242. The Morgan fingerprint density at radius 3 is 2.18 bits per heavy atom. The number of likely N-dealkylation sites (tertiary alicyclic amines) is 1. The van der Waals surface area contributed by atoms with Crippen molar-refractivity contribution in [3.8, 4) is 0 Å². The SMILES string of the molecule is CCCCCC1CCC(CCCCCCCCC(=O)OCCN2CCCC2)O1. The molecule has 0 spiro atoms. The van der Waals surface area contributed by atoms with Gasteiger partial charge in [0.2, 0.25) is 0 Å². The molecule has 0 bridgehead atoms. The normalized spacial score (nSPS) is 22.8. The zero-order valence-corrected chi connectivity index (χ0v) is 18.5. The summed E-state index contributed by atoms with van der Waals surface area (Å²) in [5, 5.41) is 0. The van der Waals surface area contributed by atoms with Gasteiger partial charge in [-0.2, -0.15) is 0 Å². The number of hydrogen-bond donors (Lipinski definition) is 0. The third-order valence-corrected chi connectivity index (χ3v) is 6.35. The van der Waals surface area contributed by atoms with Gasteiger partial charge in [-0.3, -0.25) is 9.69 Å². The van der Waals surface area contributed by atoms with Crippen LogP contribution in [0.25, 0.3) is 0 Å². The van der Waals surface area contributed by atoms with Gasteiger partial charge in [0.25, 0.3) is 0 Å². The predicted molar refractivity (Wildman–Crippen MR) is 116 cm³/mol. The second kappa shape index (κ2) is 15.3. The zero-order valence-electron chi connectivity index (χ0n) is 18.5. The van der Waals surface area contributed by atoms with Crippen molar-refractivity contribution in [3.63, 3.8) is 0 Å². The maximum absolute atomic E-state index is 11.8. The summed E-state index contributed by atoms with van der Waals surface area (Å²) < 4.78 is 11.5. The topological polar surface area (TPSA) is 38.8 Å². The van der Waals surface area contributed by atoms with Gasteiger partial charge >= 0.3 is 5.97 Å². The van der Waals surface area contributed by atoms with Crippen LogP contribution in [0.5, 0.6) is 0 Å². The van der Waals surface area contributed by atoms with Gasteiger partial charge in [-0.25, -0.2) is 0 Å². The van der Waals surface area contributed by atoms with Crippen LogP contribution in [-0.4, -0.2) is 49.3 Å². The molecule has 164 valence electrons. The Morgan fingerprint density at radius 2 is 1.50 bits per heavy atom. The molecule has 0 aromatic heterocycles. The average Bonchev–Trinajstić information content (AvgIpc) is 3.36. The molecule has 0 aromatic rings. The lowest BCUT2D eigenvalue weighted by Crippen LogP contribution is -2.25. The number of unbranched alkanes of at least 4 members (excludes halogenated alkanes) is 7. The van der Waals surface area contributed by atoms with E-state index < -0.39 is 0 Å². The number of carbonyl (C=O) groups excluding carboxylic acids is 1. The fraction of sp³-hybridized carbons (Fsp3) is 0.958. The summed E-state index contributed by atoms with van der Waals surface area (Å²) in [6, 6.07) is 0. The Morgan fingerprint density at radius 1 is 0.893 bits per heavy atom. The Labute approximate surface area is 173 Å². The number of esters is 1. The molecule has 2 heterocycles. The molecule has 2 aliphatic rings. The van der Waals surface area contributed by atoms with Crippen LogP contribution in [0.4, 0.5) is 0 Å². The van der Waals surface area contributed by atoms with Crippen LogP contribution in [0.1, 0.15) is 110 Å². The molecule has 2 saturated heterocycles. The van der Waals surface area contributed by atoms with E-state index in [1.807, 2.05) is 0 Å². The monoisotopic (exact) mass is 395 g/mol. The van der Waals surface area contributed by atoms with Crippen molar-refractivity contribution in [2.45, 2.75) is 122 Å². The van der Waals surface area contributed by atoms with Gasteiger partial charge in [0, 0.05) is 13.0 Å². The Kier molecular flexibility index (Phi) is 12.9. The molecule has 2 unspecified atom stereocenters. The van der Waals surface area contributed by atoms with E-state index in [9.17, 15) is 4.79 Å². The predicted octanol–water partition coefficient (Wildman–Crippen LogP) is 5.87. The molecule has 2 fully saturated rings. The molecule has 28 heavy (non-hydrogen) atoms. The highest BCUT2D eigenvalue weighted by Crippen LogP contribution is 2.27. The van der Waals surface area contributed by atoms with Crippen LogP contribution in [0.2, 0.25) is 0 Å². The van der Waals surface area contributed by atoms with Gasteiger partial charge in [0.15, 0.2) is 0 Å². The highest BCUT2D eigenvalue weighted by Gasteiger charge is 2.24. The van der Waals surface area contributed by atoms with Crippen LogP contribution in [0, 0.1) is 0 Å². The molecular formula is C24H45NO3. The first-order chi connectivity index (χ1) is 13.8. The van der Waals surface area contributed by atoms with Crippen molar-refractivity contribution in [2.75, 3.05) is 26.2 Å². The van der Waals surface area contributed by atoms with E-state index in [2.05, 4.69) is 11.8 Å². The summed E-state index contributed by atoms with van der Waals surface area (Å²) in [7, 11) is 0. The van der Waals surface area contributed by atoms with Crippen molar-refractivity contribution in [3.05, 3.63) is 0 Å². The Bertz CT molecular complexity index is 395. The fourth-order valence-electron chi connectivity index (χ4n) is 4.54. The van der Waals surface area contributed by atoms with E-state index in [0.717, 1.165) is 19.4 Å². The standard InChI is InChI=1S/C24H45NO3/c1-2-3-8-13-22-16-17-23(28-22)14-9-6-4-5-7-10-15-24(26)27-21-20-25-18-11-12-19-25/h22-23H,2-21H2,1H3. The van der Waals surface area contributed by atoms with E-state index in [-0.39, 0.29) is 5.97 Å². The number of rotatable bonds is 16. The van der Waals surface area contributed by atoms with Gasteiger partial charge in [-0.05, 0) is 58.0 Å². The molecule has 0 saturated carbocycles. The third kappa shape index (κ3) is 10.8. The van der Waals surface area contributed by atoms with Gasteiger partial charge < -0.3 is 9.47 Å². The lowest BCUT2D eigenvalue weighted by molar-refractivity contribution is -0.144. The van der Waals surface area contributed by atoms with E-state index in [1.165, 1.54) is 96.6 Å². The number of nitrogens with zero attached hydrogens (tertiary/aromatic N) is 1. The minimum atomic E-state index is -0.00827. The van der Waals surface area contributed by atoms with Crippen LogP contribution in [0.15, 0.2) is 0 Å². The molecule has 0 aliphatic carbocycles. The van der Waals surface area contributed by atoms with Crippen LogP contribution < -0.4 is 0 Å². The van der Waals surface area contributed by atoms with E-state index in [4.69, 9.17) is 9.47 Å². The van der Waals surface area contributed by atoms with E-state index >= 15 is 0 Å². The highest BCUT2D eigenvalue weighted by molar-refractivity contribution is 5.69. The first-order valence-corrected chi connectivity index (χ1v) is 12.3. The molecule has 2 atom stereocenters. The summed E-state index contributed by atoms with van der Waals surface area (Å²) in [4.78, 5) is 14.1. The minimum Gasteiger partial charge on any atom is -0.464 e. The molecule has 0 N–H and O–H groups in total. The van der Waals surface area contributed by atoms with Crippen LogP contribution in [-0.2, 0) is 14.3 Å². The van der Waals surface area contributed by atoms with E-state index in [0.29, 0.717) is 25.2 Å². The molecule has 2 aliphatic heterocycles. The van der Waals surface area contributed by atoms with Crippen molar-refractivity contribution in [2.24, 2.45) is 0 Å². The van der Waals surface area contributed by atoms with Crippen molar-refractivity contribution in [1.82, 2.24) is 4.90 Å². The second-order valence-electron chi connectivity index (χ2n) is 8.88.